The molecular formula is C10H11F4N. The van der Waals surface area contributed by atoms with Gasteiger partial charge in [-0.05, 0) is 24.5 Å². The SMILES string of the molecule is Cc1cc(C(F)(F)F)nc(C(C)C)c1F. The predicted molar refractivity (Wildman–Crippen MR) is 48.0 cm³/mol. The van der Waals surface area contributed by atoms with E-state index in [2.05, 4.69) is 4.98 Å². The quantitative estimate of drug-likeness (QED) is 0.659. The molecular weight excluding hydrogens is 210 g/mol. The van der Waals surface area contributed by atoms with Gasteiger partial charge in [-0.1, -0.05) is 13.8 Å². The third-order valence-electron chi connectivity index (χ3n) is 2.00. The number of pyridine rings is 1. The van der Waals surface area contributed by atoms with Crippen molar-refractivity contribution in [1.82, 2.24) is 4.98 Å². The molecule has 0 radical (unpaired) electrons. The van der Waals surface area contributed by atoms with Crippen molar-refractivity contribution in [2.75, 3.05) is 0 Å². The Labute approximate surface area is 85.1 Å². The first-order valence-electron chi connectivity index (χ1n) is 4.47. The molecule has 0 saturated heterocycles. The molecule has 84 valence electrons. The Balaban J connectivity index is 3.36. The number of nitrogens with zero attached hydrogens (tertiary/aromatic N) is 1. The van der Waals surface area contributed by atoms with E-state index in [9.17, 15) is 17.6 Å². The van der Waals surface area contributed by atoms with Crippen LogP contribution in [0.2, 0.25) is 0 Å². The lowest BCUT2D eigenvalue weighted by molar-refractivity contribution is -0.141. The Bertz CT molecular complexity index is 368. The molecule has 0 amide bonds. The molecule has 1 aromatic rings. The molecule has 15 heavy (non-hydrogen) atoms. The van der Waals surface area contributed by atoms with Gasteiger partial charge in [0.1, 0.15) is 11.5 Å². The second kappa shape index (κ2) is 3.79. The number of aromatic nitrogens is 1. The summed E-state index contributed by atoms with van der Waals surface area (Å²) in [5.41, 5.74) is -1.20. The molecule has 1 nitrogen and oxygen atoms in total. The van der Waals surface area contributed by atoms with E-state index >= 15 is 0 Å². The first-order valence-corrected chi connectivity index (χ1v) is 4.47. The summed E-state index contributed by atoms with van der Waals surface area (Å²) >= 11 is 0. The van der Waals surface area contributed by atoms with Crippen molar-refractivity contribution in [3.05, 3.63) is 28.8 Å². The van der Waals surface area contributed by atoms with Gasteiger partial charge in [-0.15, -0.1) is 0 Å². The number of hydrogen-bond acceptors (Lipinski definition) is 1. The summed E-state index contributed by atoms with van der Waals surface area (Å²) in [7, 11) is 0. The normalized spacial score (nSPS) is 12.3. The highest BCUT2D eigenvalue weighted by Crippen LogP contribution is 2.30. The Hall–Kier alpha value is -1.13. The standard InChI is InChI=1S/C10H11F4N/c1-5(2)9-8(11)6(3)4-7(15-9)10(12,13)14/h4-5H,1-3H3. The van der Waals surface area contributed by atoms with Crippen LogP contribution < -0.4 is 0 Å². The summed E-state index contributed by atoms with van der Waals surface area (Å²) in [6.07, 6.45) is -4.53. The monoisotopic (exact) mass is 221 g/mol. The Morgan fingerprint density at radius 1 is 1.27 bits per heavy atom. The summed E-state index contributed by atoms with van der Waals surface area (Å²) in [6, 6.07) is 0.723. The molecule has 0 spiro atoms. The van der Waals surface area contributed by atoms with E-state index in [1.165, 1.54) is 6.92 Å². The lowest BCUT2D eigenvalue weighted by Gasteiger charge is -2.12. The Kier molecular flexibility index (Phi) is 3.02. The number of halogens is 4. The molecule has 0 fully saturated rings. The zero-order valence-electron chi connectivity index (χ0n) is 8.61. The third kappa shape index (κ3) is 2.46. The third-order valence-corrected chi connectivity index (χ3v) is 2.00. The zero-order chi connectivity index (χ0) is 11.8. The van der Waals surface area contributed by atoms with Crippen molar-refractivity contribution in [1.29, 1.82) is 0 Å². The molecule has 0 aliphatic heterocycles. The maximum Gasteiger partial charge on any atom is 0.433 e. The van der Waals surface area contributed by atoms with Gasteiger partial charge in [0.2, 0.25) is 0 Å². The van der Waals surface area contributed by atoms with E-state index in [1.807, 2.05) is 0 Å². The van der Waals surface area contributed by atoms with Crippen LogP contribution in [0.15, 0.2) is 6.07 Å². The van der Waals surface area contributed by atoms with Crippen molar-refractivity contribution >= 4 is 0 Å². The van der Waals surface area contributed by atoms with Crippen LogP contribution in [0, 0.1) is 12.7 Å². The Morgan fingerprint density at radius 2 is 1.80 bits per heavy atom. The molecule has 0 saturated carbocycles. The van der Waals surface area contributed by atoms with Crippen LogP contribution >= 0.6 is 0 Å². The molecule has 1 aromatic heterocycles. The van der Waals surface area contributed by atoms with E-state index in [0.717, 1.165) is 6.07 Å². The van der Waals surface area contributed by atoms with Crippen LogP contribution in [0.3, 0.4) is 0 Å². The van der Waals surface area contributed by atoms with Crippen molar-refractivity contribution in [3.63, 3.8) is 0 Å². The highest BCUT2D eigenvalue weighted by atomic mass is 19.4. The van der Waals surface area contributed by atoms with Gasteiger partial charge in [-0.2, -0.15) is 13.2 Å². The first kappa shape index (κ1) is 11.9. The van der Waals surface area contributed by atoms with Crippen molar-refractivity contribution in [2.45, 2.75) is 32.9 Å². The minimum Gasteiger partial charge on any atom is -0.245 e. The van der Waals surface area contributed by atoms with Crippen LogP contribution in [0.4, 0.5) is 17.6 Å². The van der Waals surface area contributed by atoms with E-state index in [4.69, 9.17) is 0 Å². The molecule has 0 aliphatic rings. The number of aryl methyl sites for hydroxylation is 1. The molecule has 0 N–H and O–H groups in total. The van der Waals surface area contributed by atoms with Gasteiger partial charge in [0.05, 0.1) is 5.69 Å². The maximum atomic E-state index is 13.4. The van der Waals surface area contributed by atoms with Gasteiger partial charge in [0.25, 0.3) is 0 Å². The van der Waals surface area contributed by atoms with E-state index in [1.54, 1.807) is 13.8 Å². The summed E-state index contributed by atoms with van der Waals surface area (Å²) < 4.78 is 50.5. The van der Waals surface area contributed by atoms with E-state index < -0.39 is 17.7 Å². The van der Waals surface area contributed by atoms with Crippen molar-refractivity contribution in [2.24, 2.45) is 0 Å². The molecule has 5 heteroatoms. The average molecular weight is 221 g/mol. The van der Waals surface area contributed by atoms with Gasteiger partial charge in [-0.3, -0.25) is 0 Å². The molecule has 1 heterocycles. The summed E-state index contributed by atoms with van der Waals surface area (Å²) in [6.45, 7) is 4.51. The van der Waals surface area contributed by atoms with Crippen LogP contribution in [0.5, 0.6) is 0 Å². The second-order valence-electron chi connectivity index (χ2n) is 3.68. The molecule has 1 rings (SSSR count). The van der Waals surface area contributed by atoms with Crippen molar-refractivity contribution < 1.29 is 17.6 Å². The molecule has 0 unspecified atom stereocenters. The largest absolute Gasteiger partial charge is 0.433 e. The van der Waals surface area contributed by atoms with Crippen LogP contribution in [0.1, 0.15) is 36.7 Å². The fourth-order valence-corrected chi connectivity index (χ4v) is 1.21. The fourth-order valence-electron chi connectivity index (χ4n) is 1.21. The highest BCUT2D eigenvalue weighted by Gasteiger charge is 2.34. The van der Waals surface area contributed by atoms with Gasteiger partial charge in [0, 0.05) is 0 Å². The number of alkyl halides is 3. The topological polar surface area (TPSA) is 12.9 Å². The van der Waals surface area contributed by atoms with Gasteiger partial charge in [0.15, 0.2) is 0 Å². The first-order chi connectivity index (χ1) is 6.73. The molecule has 0 bridgehead atoms. The number of hydrogen-bond donors (Lipinski definition) is 0. The smallest absolute Gasteiger partial charge is 0.245 e. The summed E-state index contributed by atoms with van der Waals surface area (Å²) in [5, 5.41) is 0. The van der Waals surface area contributed by atoms with Gasteiger partial charge < -0.3 is 0 Å². The fraction of sp³-hybridized carbons (Fsp3) is 0.500. The van der Waals surface area contributed by atoms with E-state index in [0.29, 0.717) is 0 Å². The minimum absolute atomic E-state index is 0.0268. The van der Waals surface area contributed by atoms with Crippen LogP contribution in [-0.4, -0.2) is 4.98 Å². The van der Waals surface area contributed by atoms with Gasteiger partial charge in [-0.25, -0.2) is 9.37 Å². The highest BCUT2D eigenvalue weighted by molar-refractivity contribution is 5.25. The van der Waals surface area contributed by atoms with E-state index in [-0.39, 0.29) is 17.2 Å². The van der Waals surface area contributed by atoms with Crippen LogP contribution in [-0.2, 0) is 6.18 Å². The Morgan fingerprint density at radius 3 is 2.20 bits per heavy atom. The molecule has 0 aliphatic carbocycles. The summed E-state index contributed by atoms with van der Waals surface area (Å²) in [5.74, 6) is -1.02. The lowest BCUT2D eigenvalue weighted by Crippen LogP contribution is -2.12. The average Bonchev–Trinajstić information content (AvgIpc) is 2.06. The van der Waals surface area contributed by atoms with Crippen LogP contribution in [0.25, 0.3) is 0 Å². The molecule has 0 atom stereocenters. The zero-order valence-corrected chi connectivity index (χ0v) is 8.61. The number of rotatable bonds is 1. The predicted octanol–water partition coefficient (Wildman–Crippen LogP) is 3.67. The summed E-state index contributed by atoms with van der Waals surface area (Å²) in [4.78, 5) is 3.30. The van der Waals surface area contributed by atoms with Crippen molar-refractivity contribution in [3.8, 4) is 0 Å². The maximum absolute atomic E-state index is 13.4. The molecule has 0 aromatic carbocycles. The van der Waals surface area contributed by atoms with Gasteiger partial charge >= 0.3 is 6.18 Å². The second-order valence-corrected chi connectivity index (χ2v) is 3.68. The minimum atomic E-state index is -4.53. The lowest BCUT2D eigenvalue weighted by atomic mass is 10.1.